The highest BCUT2D eigenvalue weighted by molar-refractivity contribution is 7.16. The molecule has 22 heavy (non-hydrogen) atoms. The van der Waals surface area contributed by atoms with Gasteiger partial charge in [-0.2, -0.15) is 0 Å². The number of aromatic nitrogens is 1. The quantitative estimate of drug-likeness (QED) is 0.795. The number of halogens is 1. The minimum absolute atomic E-state index is 0.0190. The first kappa shape index (κ1) is 14.8. The lowest BCUT2D eigenvalue weighted by Crippen LogP contribution is -2.24. The summed E-state index contributed by atoms with van der Waals surface area (Å²) in [5, 5.41) is 3.36. The van der Waals surface area contributed by atoms with E-state index >= 15 is 0 Å². The summed E-state index contributed by atoms with van der Waals surface area (Å²) in [6.45, 7) is 1.87. The van der Waals surface area contributed by atoms with E-state index in [1.165, 1.54) is 4.57 Å². The Morgan fingerprint density at radius 3 is 2.86 bits per heavy atom. The Bertz CT molecular complexity index is 914. The molecule has 0 radical (unpaired) electrons. The number of carbonyl (C=O) groups excluding carboxylic acids is 1. The number of anilines is 1. The zero-order chi connectivity index (χ0) is 15.7. The van der Waals surface area contributed by atoms with Crippen molar-refractivity contribution < 1.29 is 4.79 Å². The number of para-hydroxylation sites is 1. The van der Waals surface area contributed by atoms with Gasteiger partial charge in [0.25, 0.3) is 0 Å². The second-order valence-corrected chi connectivity index (χ2v) is 6.36. The van der Waals surface area contributed by atoms with Gasteiger partial charge in [0.1, 0.15) is 6.54 Å². The fourth-order valence-electron chi connectivity index (χ4n) is 2.23. The molecule has 3 aromatic rings. The number of fused-ring (bicyclic) bond motifs is 1. The zero-order valence-corrected chi connectivity index (χ0v) is 13.4. The van der Waals surface area contributed by atoms with Crippen molar-refractivity contribution in [3.63, 3.8) is 0 Å². The van der Waals surface area contributed by atoms with Gasteiger partial charge in [0.05, 0.1) is 10.2 Å². The molecule has 1 N–H and O–H groups in total. The highest BCUT2D eigenvalue weighted by atomic mass is 35.5. The van der Waals surface area contributed by atoms with Gasteiger partial charge in [-0.3, -0.25) is 14.2 Å². The summed E-state index contributed by atoms with van der Waals surface area (Å²) in [6.07, 6.45) is 0. The Kier molecular flexibility index (Phi) is 4.00. The molecule has 1 aromatic heterocycles. The second-order valence-electron chi connectivity index (χ2n) is 4.93. The van der Waals surface area contributed by atoms with Crippen LogP contribution in [0.2, 0.25) is 5.02 Å². The van der Waals surface area contributed by atoms with Crippen molar-refractivity contribution in [2.75, 3.05) is 5.32 Å². The van der Waals surface area contributed by atoms with Crippen LogP contribution >= 0.6 is 22.9 Å². The Hall–Kier alpha value is -2.11. The van der Waals surface area contributed by atoms with E-state index in [0.717, 1.165) is 27.1 Å². The Morgan fingerprint density at radius 2 is 2.05 bits per heavy atom. The van der Waals surface area contributed by atoms with Crippen LogP contribution in [-0.2, 0) is 11.3 Å². The van der Waals surface area contributed by atoms with Gasteiger partial charge < -0.3 is 5.32 Å². The average molecular weight is 333 g/mol. The third-order valence-corrected chi connectivity index (χ3v) is 4.54. The molecule has 2 aromatic carbocycles. The first-order valence-electron chi connectivity index (χ1n) is 6.69. The summed E-state index contributed by atoms with van der Waals surface area (Å²) in [5.74, 6) is -0.254. The van der Waals surface area contributed by atoms with E-state index in [9.17, 15) is 9.59 Å². The first-order valence-corrected chi connectivity index (χ1v) is 7.88. The van der Waals surface area contributed by atoms with E-state index in [0.29, 0.717) is 10.7 Å². The number of rotatable bonds is 3. The van der Waals surface area contributed by atoms with E-state index in [2.05, 4.69) is 5.32 Å². The molecule has 0 saturated carbocycles. The number of hydrogen-bond donors (Lipinski definition) is 1. The monoisotopic (exact) mass is 332 g/mol. The number of nitrogens with one attached hydrogen (secondary N) is 1. The summed E-state index contributed by atoms with van der Waals surface area (Å²) >= 11 is 7.08. The maximum atomic E-state index is 12.2. The lowest BCUT2D eigenvalue weighted by Gasteiger charge is -2.09. The predicted octanol–water partition coefficient (Wildman–Crippen LogP) is 3.66. The first-order chi connectivity index (χ1) is 10.5. The van der Waals surface area contributed by atoms with E-state index in [1.807, 2.05) is 37.3 Å². The maximum absolute atomic E-state index is 12.2. The molecule has 0 unspecified atom stereocenters. The van der Waals surface area contributed by atoms with Crippen molar-refractivity contribution in [2.24, 2.45) is 0 Å². The molecule has 1 amide bonds. The average Bonchev–Trinajstić information content (AvgIpc) is 2.79. The van der Waals surface area contributed by atoms with Gasteiger partial charge in [0.15, 0.2) is 0 Å². The van der Waals surface area contributed by atoms with Crippen molar-refractivity contribution in [1.82, 2.24) is 4.57 Å². The van der Waals surface area contributed by atoms with Crippen molar-refractivity contribution in [3.8, 4) is 0 Å². The Labute approximate surface area is 136 Å². The van der Waals surface area contributed by atoms with Gasteiger partial charge in [0, 0.05) is 10.7 Å². The van der Waals surface area contributed by atoms with Crippen LogP contribution in [0.4, 0.5) is 5.69 Å². The Morgan fingerprint density at radius 1 is 1.27 bits per heavy atom. The molecule has 0 saturated heterocycles. The van der Waals surface area contributed by atoms with Crippen LogP contribution < -0.4 is 10.2 Å². The molecular weight excluding hydrogens is 320 g/mol. The summed E-state index contributed by atoms with van der Waals surface area (Å²) in [6, 6.07) is 12.7. The van der Waals surface area contributed by atoms with Crippen LogP contribution in [0.5, 0.6) is 0 Å². The molecule has 0 spiro atoms. The number of amides is 1. The lowest BCUT2D eigenvalue weighted by atomic mass is 10.2. The number of carbonyl (C=O) groups is 1. The van der Waals surface area contributed by atoms with Gasteiger partial charge in [-0.05, 0) is 36.8 Å². The van der Waals surface area contributed by atoms with Gasteiger partial charge in [-0.25, -0.2) is 0 Å². The molecule has 0 aliphatic carbocycles. The van der Waals surface area contributed by atoms with Crippen molar-refractivity contribution in [2.45, 2.75) is 13.5 Å². The second kappa shape index (κ2) is 5.94. The predicted molar refractivity (Wildman–Crippen MR) is 90.9 cm³/mol. The lowest BCUT2D eigenvalue weighted by molar-refractivity contribution is -0.116. The van der Waals surface area contributed by atoms with Crippen LogP contribution in [-0.4, -0.2) is 10.5 Å². The number of aryl methyl sites for hydroxylation is 1. The van der Waals surface area contributed by atoms with Crippen LogP contribution in [0.25, 0.3) is 10.2 Å². The number of thiazole rings is 1. The number of nitrogens with zero attached hydrogens (tertiary/aromatic N) is 1. The molecule has 112 valence electrons. The molecule has 3 rings (SSSR count). The Balaban J connectivity index is 1.86. The van der Waals surface area contributed by atoms with Gasteiger partial charge in [-0.1, -0.05) is 41.1 Å². The van der Waals surface area contributed by atoms with E-state index < -0.39 is 0 Å². The van der Waals surface area contributed by atoms with Crippen LogP contribution in [0.3, 0.4) is 0 Å². The van der Waals surface area contributed by atoms with Crippen LogP contribution in [0, 0.1) is 6.92 Å². The molecule has 0 aliphatic heterocycles. The molecular formula is C16H13ClN2O2S. The molecule has 1 heterocycles. The van der Waals surface area contributed by atoms with E-state index in [4.69, 9.17) is 11.6 Å². The molecule has 0 aliphatic rings. The van der Waals surface area contributed by atoms with Gasteiger partial charge in [-0.15, -0.1) is 0 Å². The SMILES string of the molecule is Cc1ccc(Cl)cc1NC(=O)Cn1c(=O)sc2ccccc21. The summed E-state index contributed by atoms with van der Waals surface area (Å²) in [7, 11) is 0. The molecule has 0 atom stereocenters. The molecule has 0 fully saturated rings. The van der Waals surface area contributed by atoms with E-state index in [-0.39, 0.29) is 17.3 Å². The third-order valence-electron chi connectivity index (χ3n) is 3.35. The third kappa shape index (κ3) is 2.91. The van der Waals surface area contributed by atoms with Crippen molar-refractivity contribution in [1.29, 1.82) is 0 Å². The van der Waals surface area contributed by atoms with Crippen LogP contribution in [0.1, 0.15) is 5.56 Å². The molecule has 4 nitrogen and oxygen atoms in total. The number of benzene rings is 2. The standard InChI is InChI=1S/C16H13ClN2O2S/c1-10-6-7-11(17)8-12(10)18-15(20)9-19-13-4-2-3-5-14(13)22-16(19)21/h2-8H,9H2,1H3,(H,18,20). The maximum Gasteiger partial charge on any atom is 0.308 e. The fourth-order valence-corrected chi connectivity index (χ4v) is 3.29. The van der Waals surface area contributed by atoms with Crippen molar-refractivity contribution in [3.05, 3.63) is 62.7 Å². The summed E-state index contributed by atoms with van der Waals surface area (Å²) in [5.41, 5.74) is 2.35. The fraction of sp³-hybridized carbons (Fsp3) is 0.125. The summed E-state index contributed by atoms with van der Waals surface area (Å²) < 4.78 is 2.36. The minimum atomic E-state index is -0.254. The molecule has 0 bridgehead atoms. The minimum Gasteiger partial charge on any atom is -0.324 e. The molecule has 6 heteroatoms. The smallest absolute Gasteiger partial charge is 0.308 e. The largest absolute Gasteiger partial charge is 0.324 e. The highest BCUT2D eigenvalue weighted by Gasteiger charge is 2.12. The summed E-state index contributed by atoms with van der Waals surface area (Å²) in [4.78, 5) is 24.1. The topological polar surface area (TPSA) is 51.1 Å². The zero-order valence-electron chi connectivity index (χ0n) is 11.8. The van der Waals surface area contributed by atoms with E-state index in [1.54, 1.807) is 12.1 Å². The van der Waals surface area contributed by atoms with Crippen molar-refractivity contribution >= 4 is 44.7 Å². The normalized spacial score (nSPS) is 10.8. The highest BCUT2D eigenvalue weighted by Crippen LogP contribution is 2.21. The van der Waals surface area contributed by atoms with Gasteiger partial charge >= 0.3 is 4.87 Å². The van der Waals surface area contributed by atoms with Gasteiger partial charge in [0.2, 0.25) is 5.91 Å². The number of hydrogen-bond acceptors (Lipinski definition) is 3. The van der Waals surface area contributed by atoms with Crippen LogP contribution in [0.15, 0.2) is 47.3 Å².